The normalized spacial score (nSPS) is 13.1. The van der Waals surface area contributed by atoms with Crippen LogP contribution in [-0.4, -0.2) is 74.9 Å². The Hall–Kier alpha value is -1.25. The Labute approximate surface area is 498 Å². The number of hydrogen-bond donors (Lipinski definition) is 1. The largest absolute Gasteiger partial charge is 0.472 e. The summed E-state index contributed by atoms with van der Waals surface area (Å²) in [5.41, 5.74) is 0. The third kappa shape index (κ3) is 65.9. The van der Waals surface area contributed by atoms with Gasteiger partial charge in [0.25, 0.3) is 0 Å². The second-order valence-electron chi connectivity index (χ2n) is 25.6. The molecule has 0 aromatic heterocycles. The number of rotatable bonds is 67. The van der Waals surface area contributed by atoms with E-state index in [9.17, 15) is 19.0 Å². The van der Waals surface area contributed by atoms with Crippen LogP contribution in [0.3, 0.4) is 0 Å². The highest BCUT2D eigenvalue weighted by Gasteiger charge is 2.27. The zero-order valence-electron chi connectivity index (χ0n) is 54.4. The third-order valence-electron chi connectivity index (χ3n) is 16.3. The Morgan fingerprint density at radius 2 is 0.637 bits per heavy atom. The summed E-state index contributed by atoms with van der Waals surface area (Å²) in [6, 6.07) is 0. The van der Waals surface area contributed by atoms with Gasteiger partial charge in [-0.15, -0.1) is 0 Å². The summed E-state index contributed by atoms with van der Waals surface area (Å²) < 4.78 is 34.8. The molecule has 1 N–H and O–H groups in total. The van der Waals surface area contributed by atoms with E-state index in [1.54, 1.807) is 0 Å². The van der Waals surface area contributed by atoms with Gasteiger partial charge in [0.2, 0.25) is 0 Å². The summed E-state index contributed by atoms with van der Waals surface area (Å²) in [4.78, 5) is 35.9. The average molecular weight is 1150 g/mol. The molecule has 2 unspecified atom stereocenters. The van der Waals surface area contributed by atoms with Crippen LogP contribution >= 0.6 is 7.82 Å². The highest BCUT2D eigenvalue weighted by Crippen LogP contribution is 2.43. The number of allylic oxidation sites excluding steroid dienone is 2. The van der Waals surface area contributed by atoms with Crippen molar-refractivity contribution in [3.05, 3.63) is 12.2 Å². The lowest BCUT2D eigenvalue weighted by atomic mass is 10.0. The van der Waals surface area contributed by atoms with Crippen molar-refractivity contribution in [1.82, 2.24) is 0 Å². The van der Waals surface area contributed by atoms with Crippen LogP contribution < -0.4 is 0 Å². The van der Waals surface area contributed by atoms with Gasteiger partial charge in [-0.1, -0.05) is 334 Å². The molecule has 0 spiro atoms. The summed E-state index contributed by atoms with van der Waals surface area (Å²) in [5, 5.41) is 0. The fourth-order valence-electron chi connectivity index (χ4n) is 10.8. The first-order valence-corrected chi connectivity index (χ1v) is 36.9. The number of nitrogens with zero attached hydrogens (tertiary/aromatic N) is 1. The van der Waals surface area contributed by atoms with Crippen molar-refractivity contribution in [3.8, 4) is 0 Å². The number of hydrogen-bond acceptors (Lipinski definition) is 7. The first-order valence-electron chi connectivity index (χ1n) is 35.4. The number of unbranched alkanes of at least 4 members (excludes halogenated alkanes) is 51. The molecule has 0 aliphatic heterocycles. The summed E-state index contributed by atoms with van der Waals surface area (Å²) in [6.07, 6.45) is 76.1. The molecule has 9 nitrogen and oxygen atoms in total. The van der Waals surface area contributed by atoms with Crippen molar-refractivity contribution in [2.75, 3.05) is 47.5 Å². The Balaban J connectivity index is 3.98. The van der Waals surface area contributed by atoms with Crippen molar-refractivity contribution in [2.24, 2.45) is 0 Å². The van der Waals surface area contributed by atoms with Gasteiger partial charge in [-0.05, 0) is 38.5 Å². The maximum absolute atomic E-state index is 12.9. The number of phosphoric ester groups is 1. The molecule has 0 amide bonds. The van der Waals surface area contributed by atoms with Gasteiger partial charge in [-0.25, -0.2) is 4.57 Å². The summed E-state index contributed by atoms with van der Waals surface area (Å²) in [5.74, 6) is -0.770. The first kappa shape index (κ1) is 78.8. The zero-order chi connectivity index (χ0) is 58.4. The predicted octanol–water partition coefficient (Wildman–Crippen LogP) is 22.7. The highest BCUT2D eigenvalue weighted by molar-refractivity contribution is 7.47. The Bertz CT molecular complexity index is 1350. The van der Waals surface area contributed by atoms with Crippen molar-refractivity contribution in [2.45, 2.75) is 380 Å². The molecule has 2 atom stereocenters. The minimum Gasteiger partial charge on any atom is -0.462 e. The maximum atomic E-state index is 12.9. The number of ether oxygens (including phenoxy) is 2. The van der Waals surface area contributed by atoms with Crippen LogP contribution in [0.15, 0.2) is 12.2 Å². The lowest BCUT2D eigenvalue weighted by Crippen LogP contribution is -2.37. The average Bonchev–Trinajstić information content (AvgIpc) is 3.42. The molecule has 0 rings (SSSR count). The SMILES string of the molecule is CCCCCCCCCC/C=C\CCCCCCCCCCCCCCCCCCCC(=O)OC(COC(=O)CCCCCCCCCCCCCCCCCCCCCCCCCCCCC)COP(=O)(O)OCC[N+](C)(C)C. The minimum absolute atomic E-state index is 0.0365. The number of quaternary nitrogens is 1. The van der Waals surface area contributed by atoms with E-state index < -0.39 is 26.5 Å². The molecule has 0 bridgehead atoms. The van der Waals surface area contributed by atoms with Crippen molar-refractivity contribution in [1.29, 1.82) is 0 Å². The molecular weight excluding hydrogens is 1010 g/mol. The van der Waals surface area contributed by atoms with Gasteiger partial charge in [0.05, 0.1) is 27.7 Å². The number of carbonyl (C=O) groups excluding carboxylic acids is 2. The molecule has 0 aromatic rings. The van der Waals surface area contributed by atoms with Crippen LogP contribution in [0.1, 0.15) is 373 Å². The molecule has 80 heavy (non-hydrogen) atoms. The molecule has 0 heterocycles. The van der Waals surface area contributed by atoms with Crippen LogP contribution in [0.5, 0.6) is 0 Å². The second-order valence-corrected chi connectivity index (χ2v) is 27.1. The molecule has 0 fully saturated rings. The van der Waals surface area contributed by atoms with Crippen molar-refractivity contribution >= 4 is 19.8 Å². The zero-order valence-corrected chi connectivity index (χ0v) is 55.3. The fraction of sp³-hybridized carbons (Fsp3) is 0.943. The summed E-state index contributed by atoms with van der Waals surface area (Å²) >= 11 is 0. The molecule has 0 saturated heterocycles. The Kier molecular flexibility index (Phi) is 61.3. The lowest BCUT2D eigenvalue weighted by Gasteiger charge is -2.24. The summed E-state index contributed by atoms with van der Waals surface area (Å²) in [7, 11) is 1.50. The maximum Gasteiger partial charge on any atom is 0.472 e. The minimum atomic E-state index is -4.39. The number of esters is 2. The molecule has 0 saturated carbocycles. The number of phosphoric acid groups is 1. The van der Waals surface area contributed by atoms with E-state index in [1.165, 1.54) is 308 Å². The van der Waals surface area contributed by atoms with E-state index in [0.29, 0.717) is 17.4 Å². The topological polar surface area (TPSA) is 108 Å². The van der Waals surface area contributed by atoms with Crippen LogP contribution in [0.25, 0.3) is 0 Å². The van der Waals surface area contributed by atoms with Crippen LogP contribution in [-0.2, 0) is 32.7 Å². The van der Waals surface area contributed by atoms with Crippen molar-refractivity contribution < 1.29 is 42.1 Å². The molecular formula is C70H139NO8P+. The van der Waals surface area contributed by atoms with Gasteiger partial charge in [-0.2, -0.15) is 0 Å². The van der Waals surface area contributed by atoms with Gasteiger partial charge < -0.3 is 18.9 Å². The molecule has 0 aliphatic rings. The van der Waals surface area contributed by atoms with E-state index in [-0.39, 0.29) is 25.6 Å². The lowest BCUT2D eigenvalue weighted by molar-refractivity contribution is -0.870. The van der Waals surface area contributed by atoms with Crippen LogP contribution in [0, 0.1) is 0 Å². The summed E-state index contributed by atoms with van der Waals surface area (Å²) in [6.45, 7) is 4.52. The fourth-order valence-corrected chi connectivity index (χ4v) is 11.6. The highest BCUT2D eigenvalue weighted by atomic mass is 31.2. The van der Waals surface area contributed by atoms with Gasteiger partial charge >= 0.3 is 19.8 Å². The molecule has 0 aliphatic carbocycles. The second kappa shape index (κ2) is 62.3. The standard InChI is InChI=1S/C70H138NO8P/c1-6-8-10-12-14-16-18-20-22-24-26-28-30-32-34-35-37-39-41-43-45-47-49-51-53-55-57-59-61-63-70(73)79-68(67-78-80(74,75)77-65-64-71(3,4)5)66-76-69(72)62-60-58-56-54-52-50-48-46-44-42-40-38-36-33-31-29-27-25-23-21-19-17-15-13-11-9-7-2/h24,26,68H,6-23,25,27-67H2,1-5H3/p+1/b26-24-. The smallest absolute Gasteiger partial charge is 0.462 e. The third-order valence-corrected chi connectivity index (χ3v) is 17.3. The molecule has 0 radical (unpaired) electrons. The quantitative estimate of drug-likeness (QED) is 0.0211. The van der Waals surface area contributed by atoms with Crippen LogP contribution in [0.2, 0.25) is 0 Å². The van der Waals surface area contributed by atoms with E-state index in [1.807, 2.05) is 21.1 Å². The van der Waals surface area contributed by atoms with E-state index in [2.05, 4.69) is 26.0 Å². The Morgan fingerprint density at radius 3 is 0.925 bits per heavy atom. The van der Waals surface area contributed by atoms with Gasteiger partial charge in [0, 0.05) is 12.8 Å². The van der Waals surface area contributed by atoms with Crippen LogP contribution in [0.4, 0.5) is 0 Å². The Morgan fingerprint density at radius 1 is 0.375 bits per heavy atom. The van der Waals surface area contributed by atoms with Gasteiger partial charge in [-0.3, -0.25) is 18.6 Å². The molecule has 476 valence electrons. The predicted molar refractivity (Wildman–Crippen MR) is 345 cm³/mol. The molecule has 0 aromatic carbocycles. The molecule has 10 heteroatoms. The number of likely N-dealkylation sites (N-methyl/N-ethyl adjacent to an activating group) is 1. The first-order chi connectivity index (χ1) is 39.0. The van der Waals surface area contributed by atoms with Gasteiger partial charge in [0.15, 0.2) is 6.10 Å². The van der Waals surface area contributed by atoms with E-state index in [0.717, 1.165) is 38.5 Å². The number of carbonyl (C=O) groups is 2. The van der Waals surface area contributed by atoms with Crippen molar-refractivity contribution in [3.63, 3.8) is 0 Å². The monoisotopic (exact) mass is 1150 g/mol. The van der Waals surface area contributed by atoms with E-state index in [4.69, 9.17) is 18.5 Å². The van der Waals surface area contributed by atoms with Gasteiger partial charge in [0.1, 0.15) is 19.8 Å². The van der Waals surface area contributed by atoms with E-state index >= 15 is 0 Å².